The van der Waals surface area contributed by atoms with Crippen LogP contribution in [0.4, 0.5) is 0 Å². The van der Waals surface area contributed by atoms with E-state index in [1.165, 1.54) is 17.1 Å². The van der Waals surface area contributed by atoms with Crippen LogP contribution in [0.3, 0.4) is 0 Å². The van der Waals surface area contributed by atoms with E-state index in [1.807, 2.05) is 0 Å². The van der Waals surface area contributed by atoms with E-state index in [0.717, 1.165) is 39.5 Å². The Balaban J connectivity index is 1.48. The molecule has 0 aromatic heterocycles. The van der Waals surface area contributed by atoms with Gasteiger partial charge in [-0.3, -0.25) is 0 Å². The molecule has 15 heavy (non-hydrogen) atoms. The van der Waals surface area contributed by atoms with Crippen molar-refractivity contribution in [3.8, 4) is 0 Å². The molecule has 80 valence electrons. The fourth-order valence-electron chi connectivity index (χ4n) is 1.54. The SMILES string of the molecule is C1=CC([Se]CCC[Se]C2C=CC=C2)C=C1. The zero-order valence-corrected chi connectivity index (χ0v) is 12.1. The molecule has 0 amide bonds. The third kappa shape index (κ3) is 4.16. The van der Waals surface area contributed by atoms with Gasteiger partial charge >= 0.3 is 105 Å². The van der Waals surface area contributed by atoms with Gasteiger partial charge in [0, 0.05) is 0 Å². The number of hydrogen-bond acceptors (Lipinski definition) is 0. The Morgan fingerprint density at radius 1 is 0.667 bits per heavy atom. The van der Waals surface area contributed by atoms with Crippen LogP contribution in [0.1, 0.15) is 6.42 Å². The molecular formula is C13H16Se2. The van der Waals surface area contributed by atoms with Crippen LogP contribution >= 0.6 is 0 Å². The summed E-state index contributed by atoms with van der Waals surface area (Å²) >= 11 is 1.61. The molecule has 0 aromatic rings. The van der Waals surface area contributed by atoms with Crippen LogP contribution in [0, 0.1) is 0 Å². The number of hydrogen-bond donors (Lipinski definition) is 0. The minimum absolute atomic E-state index is 0.802. The van der Waals surface area contributed by atoms with Gasteiger partial charge in [-0.1, -0.05) is 0 Å². The zero-order valence-electron chi connectivity index (χ0n) is 8.71. The van der Waals surface area contributed by atoms with Crippen molar-refractivity contribution in [1.82, 2.24) is 0 Å². The summed E-state index contributed by atoms with van der Waals surface area (Å²) in [4.78, 5) is 1.60. The summed E-state index contributed by atoms with van der Waals surface area (Å²) in [6.07, 6.45) is 19.5. The Bertz CT molecular complexity index is 246. The van der Waals surface area contributed by atoms with Crippen molar-refractivity contribution in [1.29, 1.82) is 0 Å². The summed E-state index contributed by atoms with van der Waals surface area (Å²) < 4.78 is 0. The second kappa shape index (κ2) is 6.55. The quantitative estimate of drug-likeness (QED) is 0.517. The van der Waals surface area contributed by atoms with Gasteiger partial charge in [0.25, 0.3) is 0 Å². The van der Waals surface area contributed by atoms with Gasteiger partial charge in [-0.05, 0) is 0 Å². The summed E-state index contributed by atoms with van der Waals surface area (Å²) in [5.41, 5.74) is 0. The molecule has 0 aromatic carbocycles. The average Bonchev–Trinajstić information content (AvgIpc) is 2.88. The molecule has 0 bridgehead atoms. The van der Waals surface area contributed by atoms with Gasteiger partial charge in [-0.15, -0.1) is 0 Å². The third-order valence-corrected chi connectivity index (χ3v) is 7.47. The molecule has 2 rings (SSSR count). The van der Waals surface area contributed by atoms with Gasteiger partial charge in [0.05, 0.1) is 0 Å². The van der Waals surface area contributed by atoms with E-state index in [1.54, 1.807) is 0 Å². The molecule has 2 aliphatic rings. The van der Waals surface area contributed by atoms with Crippen molar-refractivity contribution in [3.05, 3.63) is 48.6 Å². The van der Waals surface area contributed by atoms with Crippen molar-refractivity contribution in [2.24, 2.45) is 0 Å². The van der Waals surface area contributed by atoms with E-state index < -0.39 is 0 Å². The Morgan fingerprint density at radius 2 is 1.07 bits per heavy atom. The Hall–Kier alpha value is -0.00104. The first kappa shape index (κ1) is 11.5. The van der Waals surface area contributed by atoms with Crippen LogP contribution < -0.4 is 0 Å². The maximum absolute atomic E-state index is 2.34. The number of allylic oxidation sites excluding steroid dienone is 8. The Kier molecular flexibility index (Phi) is 5.02. The molecule has 0 nitrogen and oxygen atoms in total. The van der Waals surface area contributed by atoms with Gasteiger partial charge in [-0.2, -0.15) is 0 Å². The van der Waals surface area contributed by atoms with Gasteiger partial charge < -0.3 is 0 Å². The predicted molar refractivity (Wildman–Crippen MR) is 69.8 cm³/mol. The molecule has 2 aliphatic carbocycles. The molecule has 0 spiro atoms. The first-order chi connectivity index (χ1) is 7.45. The predicted octanol–water partition coefficient (Wildman–Crippen LogP) is 3.45. The van der Waals surface area contributed by atoms with Crippen LogP contribution in [0.25, 0.3) is 0 Å². The molecule has 0 aliphatic heterocycles. The molecule has 2 heteroatoms. The van der Waals surface area contributed by atoms with E-state index in [4.69, 9.17) is 0 Å². The van der Waals surface area contributed by atoms with E-state index in [2.05, 4.69) is 48.6 Å². The summed E-state index contributed by atoms with van der Waals surface area (Å²) in [6, 6.07) is 0. The normalized spacial score (nSPS) is 19.7. The van der Waals surface area contributed by atoms with Crippen LogP contribution in [0.15, 0.2) is 48.6 Å². The van der Waals surface area contributed by atoms with E-state index in [-0.39, 0.29) is 0 Å². The summed E-state index contributed by atoms with van der Waals surface area (Å²) in [5.74, 6) is 0. The second-order valence-corrected chi connectivity index (χ2v) is 8.96. The zero-order chi connectivity index (χ0) is 10.3. The van der Waals surface area contributed by atoms with Crippen LogP contribution in [0.2, 0.25) is 20.3 Å². The van der Waals surface area contributed by atoms with Gasteiger partial charge in [0.2, 0.25) is 0 Å². The van der Waals surface area contributed by atoms with E-state index >= 15 is 0 Å². The Morgan fingerprint density at radius 3 is 1.47 bits per heavy atom. The monoisotopic (exact) mass is 332 g/mol. The van der Waals surface area contributed by atoms with Gasteiger partial charge in [0.1, 0.15) is 0 Å². The molecule has 0 radical (unpaired) electrons. The average molecular weight is 330 g/mol. The first-order valence-corrected chi connectivity index (χ1v) is 9.78. The fourth-order valence-corrected chi connectivity index (χ4v) is 6.61. The standard InChI is InChI=1S/C13H16Se2/c1-2-7-12(6-1)14-10-5-11-15-13-8-3-4-9-13/h1-4,6-9,12-13H,5,10-11H2. The molecule has 0 saturated carbocycles. The fraction of sp³-hybridized carbons (Fsp3) is 0.385. The molecule has 0 heterocycles. The van der Waals surface area contributed by atoms with Crippen molar-refractivity contribution < 1.29 is 0 Å². The Labute approximate surface area is 105 Å². The van der Waals surface area contributed by atoms with Crippen LogP contribution in [-0.2, 0) is 0 Å². The van der Waals surface area contributed by atoms with Gasteiger partial charge in [-0.25, -0.2) is 0 Å². The van der Waals surface area contributed by atoms with E-state index in [9.17, 15) is 0 Å². The molecular weight excluding hydrogens is 314 g/mol. The third-order valence-electron chi connectivity index (χ3n) is 2.33. The van der Waals surface area contributed by atoms with Crippen molar-refractivity contribution >= 4 is 29.9 Å². The molecule has 0 atom stereocenters. The molecule has 0 fully saturated rings. The summed E-state index contributed by atoms with van der Waals surface area (Å²) in [5, 5.41) is 2.91. The summed E-state index contributed by atoms with van der Waals surface area (Å²) in [7, 11) is 0. The minimum atomic E-state index is 0.802. The first-order valence-electron chi connectivity index (χ1n) is 5.38. The van der Waals surface area contributed by atoms with Gasteiger partial charge in [0.15, 0.2) is 0 Å². The van der Waals surface area contributed by atoms with Crippen LogP contribution in [-0.4, -0.2) is 29.9 Å². The van der Waals surface area contributed by atoms with Crippen LogP contribution in [0.5, 0.6) is 0 Å². The topological polar surface area (TPSA) is 0 Å². The second-order valence-electron chi connectivity index (χ2n) is 3.56. The van der Waals surface area contributed by atoms with E-state index in [0.29, 0.717) is 0 Å². The molecule has 0 N–H and O–H groups in total. The molecule has 0 unspecified atom stereocenters. The number of rotatable bonds is 6. The van der Waals surface area contributed by atoms with Crippen molar-refractivity contribution in [2.45, 2.75) is 26.7 Å². The maximum atomic E-state index is 2.34. The van der Waals surface area contributed by atoms with Crippen molar-refractivity contribution in [2.75, 3.05) is 0 Å². The van der Waals surface area contributed by atoms with Crippen molar-refractivity contribution in [3.63, 3.8) is 0 Å². The molecule has 0 saturated heterocycles. The summed E-state index contributed by atoms with van der Waals surface area (Å²) in [6.45, 7) is 0.